The van der Waals surface area contributed by atoms with Crippen LogP contribution < -0.4 is 4.74 Å². The van der Waals surface area contributed by atoms with Gasteiger partial charge in [-0.25, -0.2) is 4.98 Å². The number of ether oxygens (including phenoxy) is 2. The third kappa shape index (κ3) is 4.23. The molecule has 0 bridgehead atoms. The highest BCUT2D eigenvalue weighted by Crippen LogP contribution is 2.23. The first kappa shape index (κ1) is 17.1. The minimum atomic E-state index is 0.0140. The van der Waals surface area contributed by atoms with E-state index in [2.05, 4.69) is 9.97 Å². The van der Waals surface area contributed by atoms with Gasteiger partial charge in [-0.2, -0.15) is 0 Å². The summed E-state index contributed by atoms with van der Waals surface area (Å²) in [6, 6.07) is 13.0. The number of hydrogen-bond donors (Lipinski definition) is 2. The molecular weight excluding hydrogens is 320 g/mol. The Morgan fingerprint density at radius 3 is 2.64 bits per heavy atom. The standard InChI is InChI=1S/C19H20N2O4/c1-13(23)15-4-7-17-18(12-15)21-19(20-17)14-2-5-16(6-3-14)25-11-10-24-9-8-22/h2-7,12,22H,8-11H2,1H3,(H,20,21). The topological polar surface area (TPSA) is 84.4 Å². The van der Waals surface area contributed by atoms with Gasteiger partial charge in [-0.1, -0.05) is 0 Å². The van der Waals surface area contributed by atoms with Gasteiger partial charge in [-0.3, -0.25) is 4.79 Å². The zero-order valence-electron chi connectivity index (χ0n) is 14.0. The predicted molar refractivity (Wildman–Crippen MR) is 94.9 cm³/mol. The summed E-state index contributed by atoms with van der Waals surface area (Å²) in [7, 11) is 0. The van der Waals surface area contributed by atoms with Crippen molar-refractivity contribution in [3.8, 4) is 17.1 Å². The van der Waals surface area contributed by atoms with Gasteiger partial charge in [0.25, 0.3) is 0 Å². The molecule has 130 valence electrons. The number of benzene rings is 2. The number of imidazole rings is 1. The highest BCUT2D eigenvalue weighted by atomic mass is 16.5. The van der Waals surface area contributed by atoms with Crippen LogP contribution in [0.5, 0.6) is 5.75 Å². The number of aliphatic hydroxyl groups excluding tert-OH is 1. The summed E-state index contributed by atoms with van der Waals surface area (Å²) in [5.41, 5.74) is 3.24. The molecule has 0 radical (unpaired) electrons. The third-order valence-corrected chi connectivity index (χ3v) is 3.75. The lowest BCUT2D eigenvalue weighted by Gasteiger charge is -2.06. The summed E-state index contributed by atoms with van der Waals surface area (Å²) in [5.74, 6) is 1.51. The summed E-state index contributed by atoms with van der Waals surface area (Å²) in [5, 5.41) is 8.62. The Kier molecular flexibility index (Phi) is 5.42. The van der Waals surface area contributed by atoms with Gasteiger partial charge in [0.05, 0.1) is 30.9 Å². The van der Waals surface area contributed by atoms with Crippen molar-refractivity contribution in [3.05, 3.63) is 48.0 Å². The first-order valence-electron chi connectivity index (χ1n) is 8.10. The molecule has 1 aromatic heterocycles. The lowest BCUT2D eigenvalue weighted by molar-refractivity contribution is 0.0705. The summed E-state index contributed by atoms with van der Waals surface area (Å²) < 4.78 is 10.7. The molecule has 3 rings (SSSR count). The van der Waals surface area contributed by atoms with Crippen LogP contribution in [0.25, 0.3) is 22.4 Å². The Bertz CT molecular complexity index is 855. The second-order valence-electron chi connectivity index (χ2n) is 5.58. The number of nitrogens with one attached hydrogen (secondary N) is 1. The summed E-state index contributed by atoms with van der Waals surface area (Å²) in [6.07, 6.45) is 0. The summed E-state index contributed by atoms with van der Waals surface area (Å²) >= 11 is 0. The van der Waals surface area contributed by atoms with E-state index in [-0.39, 0.29) is 12.4 Å². The van der Waals surface area contributed by atoms with Crippen molar-refractivity contribution in [3.63, 3.8) is 0 Å². The van der Waals surface area contributed by atoms with Crippen LogP contribution in [0.2, 0.25) is 0 Å². The molecule has 0 saturated carbocycles. The van der Waals surface area contributed by atoms with Crippen molar-refractivity contribution in [2.24, 2.45) is 0 Å². The quantitative estimate of drug-likeness (QED) is 0.486. The molecule has 0 amide bonds. The lowest BCUT2D eigenvalue weighted by atomic mass is 10.1. The Labute approximate surface area is 145 Å². The number of hydrogen-bond acceptors (Lipinski definition) is 5. The molecular formula is C19H20N2O4. The number of fused-ring (bicyclic) bond motifs is 1. The molecule has 0 saturated heterocycles. The van der Waals surface area contributed by atoms with Gasteiger partial charge in [0, 0.05) is 11.1 Å². The van der Waals surface area contributed by atoms with Gasteiger partial charge in [0.1, 0.15) is 18.2 Å². The van der Waals surface area contributed by atoms with Crippen LogP contribution in [0, 0.1) is 0 Å². The number of carbonyl (C=O) groups is 1. The Balaban J connectivity index is 1.69. The van der Waals surface area contributed by atoms with E-state index in [0.717, 1.165) is 28.2 Å². The van der Waals surface area contributed by atoms with Crippen molar-refractivity contribution in [2.75, 3.05) is 26.4 Å². The molecule has 3 aromatic rings. The minimum Gasteiger partial charge on any atom is -0.491 e. The largest absolute Gasteiger partial charge is 0.491 e. The number of carbonyl (C=O) groups excluding carboxylic acids is 1. The Hall–Kier alpha value is -2.70. The van der Waals surface area contributed by atoms with Crippen LogP contribution >= 0.6 is 0 Å². The normalized spacial score (nSPS) is 11.0. The molecule has 0 atom stereocenters. The minimum absolute atomic E-state index is 0.0140. The average molecular weight is 340 g/mol. The third-order valence-electron chi connectivity index (χ3n) is 3.75. The van der Waals surface area contributed by atoms with Crippen LogP contribution in [0.15, 0.2) is 42.5 Å². The molecule has 0 aliphatic rings. The fraction of sp³-hybridized carbons (Fsp3) is 0.263. The molecule has 0 spiro atoms. The Morgan fingerprint density at radius 2 is 1.92 bits per heavy atom. The van der Waals surface area contributed by atoms with Crippen molar-refractivity contribution >= 4 is 16.8 Å². The van der Waals surface area contributed by atoms with Crippen LogP contribution in [0.1, 0.15) is 17.3 Å². The number of ketones is 1. The van der Waals surface area contributed by atoms with Gasteiger partial charge >= 0.3 is 0 Å². The molecule has 1 heterocycles. The highest BCUT2D eigenvalue weighted by Gasteiger charge is 2.08. The average Bonchev–Trinajstić information content (AvgIpc) is 3.05. The zero-order chi connectivity index (χ0) is 17.6. The van der Waals surface area contributed by atoms with E-state index >= 15 is 0 Å². The summed E-state index contributed by atoms with van der Waals surface area (Å²) in [4.78, 5) is 19.3. The van der Waals surface area contributed by atoms with Crippen molar-refractivity contribution in [1.82, 2.24) is 9.97 Å². The Morgan fingerprint density at radius 1 is 1.12 bits per heavy atom. The van der Waals surface area contributed by atoms with E-state index in [4.69, 9.17) is 14.6 Å². The monoisotopic (exact) mass is 340 g/mol. The molecule has 2 aromatic carbocycles. The number of aromatic nitrogens is 2. The van der Waals surface area contributed by atoms with Crippen molar-refractivity contribution in [1.29, 1.82) is 0 Å². The van der Waals surface area contributed by atoms with Gasteiger partial charge in [0.2, 0.25) is 0 Å². The molecule has 2 N–H and O–H groups in total. The van der Waals surface area contributed by atoms with E-state index in [0.29, 0.717) is 25.4 Å². The molecule has 25 heavy (non-hydrogen) atoms. The van der Waals surface area contributed by atoms with Gasteiger partial charge in [-0.05, 0) is 49.4 Å². The SMILES string of the molecule is CC(=O)c1ccc2[nH]c(-c3ccc(OCCOCCO)cc3)nc2c1. The molecule has 0 fully saturated rings. The van der Waals surface area contributed by atoms with Crippen LogP contribution in [0.4, 0.5) is 0 Å². The molecule has 0 unspecified atom stereocenters. The number of nitrogens with zero attached hydrogens (tertiary/aromatic N) is 1. The van der Waals surface area contributed by atoms with Gasteiger partial charge in [-0.15, -0.1) is 0 Å². The van der Waals surface area contributed by atoms with Crippen molar-refractivity contribution in [2.45, 2.75) is 6.92 Å². The predicted octanol–water partition coefficient (Wildman–Crippen LogP) is 2.82. The first-order valence-corrected chi connectivity index (χ1v) is 8.10. The fourth-order valence-corrected chi connectivity index (χ4v) is 2.46. The van der Waals surface area contributed by atoms with Crippen LogP contribution in [-0.4, -0.2) is 47.3 Å². The van der Waals surface area contributed by atoms with E-state index in [9.17, 15) is 4.79 Å². The first-order chi connectivity index (χ1) is 12.2. The van der Waals surface area contributed by atoms with E-state index in [1.807, 2.05) is 30.3 Å². The lowest BCUT2D eigenvalue weighted by Crippen LogP contribution is -2.08. The fourth-order valence-electron chi connectivity index (χ4n) is 2.46. The molecule has 6 heteroatoms. The van der Waals surface area contributed by atoms with Gasteiger partial charge < -0.3 is 19.6 Å². The van der Waals surface area contributed by atoms with Gasteiger partial charge in [0.15, 0.2) is 5.78 Å². The van der Waals surface area contributed by atoms with E-state index in [1.54, 1.807) is 19.1 Å². The highest BCUT2D eigenvalue weighted by molar-refractivity contribution is 5.97. The molecule has 6 nitrogen and oxygen atoms in total. The van der Waals surface area contributed by atoms with Crippen LogP contribution in [0.3, 0.4) is 0 Å². The maximum absolute atomic E-state index is 11.5. The van der Waals surface area contributed by atoms with Crippen molar-refractivity contribution < 1.29 is 19.4 Å². The van der Waals surface area contributed by atoms with E-state index in [1.165, 1.54) is 0 Å². The van der Waals surface area contributed by atoms with E-state index < -0.39 is 0 Å². The number of aromatic amines is 1. The molecule has 0 aliphatic carbocycles. The zero-order valence-corrected chi connectivity index (χ0v) is 14.0. The number of rotatable bonds is 8. The maximum Gasteiger partial charge on any atom is 0.159 e. The second-order valence-corrected chi connectivity index (χ2v) is 5.58. The molecule has 0 aliphatic heterocycles. The second kappa shape index (κ2) is 7.92. The number of aliphatic hydroxyl groups is 1. The number of H-pyrrole nitrogens is 1. The van der Waals surface area contributed by atoms with Crippen LogP contribution in [-0.2, 0) is 4.74 Å². The number of Topliss-reactive ketones (excluding diaryl/α,β-unsaturated/α-hetero) is 1. The summed E-state index contributed by atoms with van der Waals surface area (Å²) in [6.45, 7) is 2.74. The maximum atomic E-state index is 11.5. The smallest absolute Gasteiger partial charge is 0.159 e.